The van der Waals surface area contributed by atoms with Gasteiger partial charge < -0.3 is 30.7 Å². The molecule has 0 aromatic heterocycles. The smallest absolute Gasteiger partial charge is 0.409 e. The number of carbonyl (C=O) groups is 4. The lowest BCUT2D eigenvalue weighted by atomic mass is 9.92. The highest BCUT2D eigenvalue weighted by Gasteiger charge is 2.30. The van der Waals surface area contributed by atoms with Crippen molar-refractivity contribution in [3.63, 3.8) is 0 Å². The molecule has 0 spiro atoms. The normalized spacial score (nSPS) is 20.4. The highest BCUT2D eigenvalue weighted by atomic mass is 16.5. The molecule has 0 saturated carbocycles. The number of carboxylic acid groups (broad SMARTS) is 1. The molecule has 10 nitrogen and oxygen atoms in total. The van der Waals surface area contributed by atoms with Gasteiger partial charge in [-0.15, -0.1) is 0 Å². The fraction of sp³-hybridized carbons (Fsp3) is 0.714. The standard InChI is InChI=1S/C21H34N4O6/c1-2-12-31-21(30)24-17(13-19(27)28)23-20(29)16-4-3-11-25(14-16)18(26)6-5-15-7-9-22-10-8-15/h2,15-17,22H,1,3-14H2,(H,23,29)(H,24,30)(H,27,28)/t16-,17-/m1/s1. The summed E-state index contributed by atoms with van der Waals surface area (Å²) in [5.74, 6) is -1.38. The number of alkyl carbamates (subject to hydrolysis) is 1. The molecule has 2 aliphatic heterocycles. The first-order valence-electron chi connectivity index (χ1n) is 10.9. The van der Waals surface area contributed by atoms with Gasteiger partial charge in [0.1, 0.15) is 12.8 Å². The molecule has 0 unspecified atom stereocenters. The Morgan fingerprint density at radius 3 is 2.61 bits per heavy atom. The first kappa shape index (κ1) is 24.6. The molecule has 2 fully saturated rings. The van der Waals surface area contributed by atoms with Crippen molar-refractivity contribution in [1.29, 1.82) is 0 Å². The van der Waals surface area contributed by atoms with Crippen molar-refractivity contribution in [3.05, 3.63) is 12.7 Å². The molecule has 10 heteroatoms. The van der Waals surface area contributed by atoms with E-state index >= 15 is 0 Å². The Bertz CT molecular complexity index is 650. The predicted molar refractivity (Wildman–Crippen MR) is 113 cm³/mol. The molecule has 2 rings (SSSR count). The van der Waals surface area contributed by atoms with E-state index in [2.05, 4.69) is 22.5 Å². The van der Waals surface area contributed by atoms with Crippen LogP contribution in [0.1, 0.15) is 44.9 Å². The van der Waals surface area contributed by atoms with E-state index in [0.29, 0.717) is 38.3 Å². The molecule has 0 bridgehead atoms. The summed E-state index contributed by atoms with van der Waals surface area (Å²) in [6, 6.07) is 0. The van der Waals surface area contributed by atoms with Crippen LogP contribution in [0.3, 0.4) is 0 Å². The average Bonchev–Trinajstić information content (AvgIpc) is 2.76. The molecule has 0 aromatic carbocycles. The van der Waals surface area contributed by atoms with E-state index in [-0.39, 0.29) is 18.4 Å². The molecule has 2 atom stereocenters. The summed E-state index contributed by atoms with van der Waals surface area (Å²) in [5, 5.41) is 17.3. The second-order valence-electron chi connectivity index (χ2n) is 8.10. The van der Waals surface area contributed by atoms with Crippen molar-refractivity contribution in [3.8, 4) is 0 Å². The number of amides is 3. The maximum atomic E-state index is 12.7. The van der Waals surface area contributed by atoms with Gasteiger partial charge in [0.05, 0.1) is 12.3 Å². The van der Waals surface area contributed by atoms with E-state index < -0.39 is 30.6 Å². The fourth-order valence-electron chi connectivity index (χ4n) is 3.99. The van der Waals surface area contributed by atoms with E-state index in [1.54, 1.807) is 4.90 Å². The number of carbonyl (C=O) groups excluding carboxylic acids is 3. The first-order chi connectivity index (χ1) is 14.9. The maximum Gasteiger partial charge on any atom is 0.409 e. The molecule has 2 aliphatic rings. The quantitative estimate of drug-likeness (QED) is 0.293. The molecular formula is C21H34N4O6. The van der Waals surface area contributed by atoms with Gasteiger partial charge in [-0.3, -0.25) is 14.4 Å². The third-order valence-electron chi connectivity index (χ3n) is 5.69. The van der Waals surface area contributed by atoms with Crippen molar-refractivity contribution in [2.24, 2.45) is 11.8 Å². The van der Waals surface area contributed by atoms with Gasteiger partial charge in [0, 0.05) is 19.5 Å². The zero-order chi connectivity index (χ0) is 22.6. The number of hydrogen-bond donors (Lipinski definition) is 4. The summed E-state index contributed by atoms with van der Waals surface area (Å²) in [6.45, 7) is 6.32. The van der Waals surface area contributed by atoms with Crippen LogP contribution in [0.2, 0.25) is 0 Å². The van der Waals surface area contributed by atoms with Crippen molar-refractivity contribution < 1.29 is 29.0 Å². The van der Waals surface area contributed by atoms with Crippen LogP contribution in [0.25, 0.3) is 0 Å². The molecule has 0 aliphatic carbocycles. The van der Waals surface area contributed by atoms with Gasteiger partial charge in [-0.25, -0.2) is 4.79 Å². The van der Waals surface area contributed by atoms with Crippen molar-refractivity contribution in [2.45, 2.75) is 51.1 Å². The predicted octanol–water partition coefficient (Wildman–Crippen LogP) is 0.834. The van der Waals surface area contributed by atoms with Crippen LogP contribution in [0.4, 0.5) is 4.79 Å². The fourth-order valence-corrected chi connectivity index (χ4v) is 3.99. The zero-order valence-corrected chi connectivity index (χ0v) is 17.9. The Morgan fingerprint density at radius 1 is 1.19 bits per heavy atom. The number of nitrogens with one attached hydrogen (secondary N) is 3. The van der Waals surface area contributed by atoms with Crippen LogP contribution < -0.4 is 16.0 Å². The van der Waals surface area contributed by atoms with Crippen molar-refractivity contribution in [1.82, 2.24) is 20.9 Å². The third-order valence-corrected chi connectivity index (χ3v) is 5.69. The average molecular weight is 439 g/mol. The topological polar surface area (TPSA) is 137 Å². The van der Waals surface area contributed by atoms with Crippen molar-refractivity contribution >= 4 is 23.9 Å². The second-order valence-corrected chi connectivity index (χ2v) is 8.10. The molecule has 4 N–H and O–H groups in total. The number of hydrogen-bond acceptors (Lipinski definition) is 6. The molecule has 174 valence electrons. The number of likely N-dealkylation sites (tertiary alicyclic amines) is 1. The number of piperidine rings is 2. The van der Waals surface area contributed by atoms with Gasteiger partial charge in [0.15, 0.2) is 0 Å². The highest BCUT2D eigenvalue weighted by Crippen LogP contribution is 2.21. The number of rotatable bonds is 10. The molecule has 0 aromatic rings. The lowest BCUT2D eigenvalue weighted by Gasteiger charge is -2.33. The molecule has 2 heterocycles. The summed E-state index contributed by atoms with van der Waals surface area (Å²) in [6.07, 6.45) is 3.78. The Kier molecular flexibility index (Phi) is 10.3. The third kappa shape index (κ3) is 8.95. The Hall–Kier alpha value is -2.62. The molecule has 2 saturated heterocycles. The SMILES string of the molecule is C=CCOC(=O)N[C@H](CC(=O)O)NC(=O)[C@@H]1CCCN(C(=O)CCC2CCNCC2)C1. The Labute approximate surface area is 182 Å². The van der Waals surface area contributed by atoms with E-state index in [9.17, 15) is 19.2 Å². The van der Waals surface area contributed by atoms with Crippen LogP contribution in [-0.4, -0.2) is 72.8 Å². The van der Waals surface area contributed by atoms with Crippen molar-refractivity contribution in [2.75, 3.05) is 32.8 Å². The monoisotopic (exact) mass is 438 g/mol. The van der Waals surface area contributed by atoms with Crippen LogP contribution in [0, 0.1) is 11.8 Å². The van der Waals surface area contributed by atoms with E-state index in [0.717, 1.165) is 32.4 Å². The number of carboxylic acids is 1. The number of ether oxygens (including phenoxy) is 1. The van der Waals surface area contributed by atoms with E-state index in [1.807, 2.05) is 0 Å². The Morgan fingerprint density at radius 2 is 1.94 bits per heavy atom. The van der Waals surface area contributed by atoms with Gasteiger partial charge in [-0.05, 0) is 51.1 Å². The zero-order valence-electron chi connectivity index (χ0n) is 17.9. The summed E-state index contributed by atoms with van der Waals surface area (Å²) in [4.78, 5) is 49.9. The Balaban J connectivity index is 1.84. The van der Waals surface area contributed by atoms with E-state index in [1.165, 1.54) is 6.08 Å². The largest absolute Gasteiger partial charge is 0.481 e. The van der Waals surface area contributed by atoms with Gasteiger partial charge in [0.25, 0.3) is 0 Å². The summed E-state index contributed by atoms with van der Waals surface area (Å²) >= 11 is 0. The molecule has 31 heavy (non-hydrogen) atoms. The minimum absolute atomic E-state index is 0.0311. The summed E-state index contributed by atoms with van der Waals surface area (Å²) < 4.78 is 4.79. The summed E-state index contributed by atoms with van der Waals surface area (Å²) in [7, 11) is 0. The van der Waals surface area contributed by atoms with Crippen LogP contribution in [0.5, 0.6) is 0 Å². The van der Waals surface area contributed by atoms with Crippen LogP contribution >= 0.6 is 0 Å². The van der Waals surface area contributed by atoms with Gasteiger partial charge >= 0.3 is 12.1 Å². The first-order valence-corrected chi connectivity index (χ1v) is 10.9. The van der Waals surface area contributed by atoms with Gasteiger partial charge in [-0.2, -0.15) is 0 Å². The number of aliphatic carboxylic acids is 1. The molecule has 0 radical (unpaired) electrons. The maximum absolute atomic E-state index is 12.7. The van der Waals surface area contributed by atoms with Crippen LogP contribution in [0.15, 0.2) is 12.7 Å². The molecule has 3 amide bonds. The van der Waals surface area contributed by atoms with Gasteiger partial charge in [0.2, 0.25) is 11.8 Å². The van der Waals surface area contributed by atoms with E-state index in [4.69, 9.17) is 9.84 Å². The number of nitrogens with zero attached hydrogens (tertiary/aromatic N) is 1. The lowest BCUT2D eigenvalue weighted by Crippen LogP contribution is -2.53. The highest BCUT2D eigenvalue weighted by molar-refractivity contribution is 5.82. The van der Waals surface area contributed by atoms with Crippen LogP contribution in [-0.2, 0) is 19.1 Å². The minimum atomic E-state index is -1.17. The summed E-state index contributed by atoms with van der Waals surface area (Å²) in [5.41, 5.74) is 0. The molecular weight excluding hydrogens is 404 g/mol. The lowest BCUT2D eigenvalue weighted by molar-refractivity contribution is -0.138. The second kappa shape index (κ2) is 12.9. The van der Waals surface area contributed by atoms with Gasteiger partial charge in [-0.1, -0.05) is 12.7 Å². The minimum Gasteiger partial charge on any atom is -0.481 e.